The second kappa shape index (κ2) is 4.61. The summed E-state index contributed by atoms with van der Waals surface area (Å²) in [6.45, 7) is 3.94. The maximum atomic E-state index is 5.27. The van der Waals surface area contributed by atoms with Gasteiger partial charge in [0.1, 0.15) is 0 Å². The molecular weight excluding hydrogens is 240 g/mol. The van der Waals surface area contributed by atoms with Crippen molar-refractivity contribution in [3.05, 3.63) is 48.0 Å². The van der Waals surface area contributed by atoms with E-state index in [0.29, 0.717) is 11.7 Å². The minimum Gasteiger partial charge on any atom is -0.334 e. The lowest BCUT2D eigenvalue weighted by Gasteiger charge is -1.95. The predicted molar refractivity (Wildman–Crippen MR) is 70.2 cm³/mol. The van der Waals surface area contributed by atoms with Crippen LogP contribution in [0.5, 0.6) is 0 Å². The highest BCUT2D eigenvalue weighted by Gasteiger charge is 2.11. The second-order valence-electron chi connectivity index (χ2n) is 4.43. The molecule has 0 aliphatic carbocycles. The molecular formula is C14H12N4O. The molecule has 0 fully saturated rings. The first kappa shape index (κ1) is 11.5. The summed E-state index contributed by atoms with van der Waals surface area (Å²) >= 11 is 0. The van der Waals surface area contributed by atoms with E-state index in [9.17, 15) is 0 Å². The molecule has 5 nitrogen and oxygen atoms in total. The molecule has 3 aromatic heterocycles. The lowest BCUT2D eigenvalue weighted by molar-refractivity contribution is 0.432. The summed E-state index contributed by atoms with van der Waals surface area (Å²) in [5.74, 6) is 1.00. The minimum absolute atomic E-state index is 0.465. The van der Waals surface area contributed by atoms with Crippen LogP contribution in [0.1, 0.15) is 11.1 Å². The predicted octanol–water partition coefficient (Wildman–Crippen LogP) is 2.81. The highest BCUT2D eigenvalue weighted by atomic mass is 16.5. The molecule has 19 heavy (non-hydrogen) atoms. The number of aryl methyl sites for hydroxylation is 2. The van der Waals surface area contributed by atoms with Crippen molar-refractivity contribution in [1.82, 2.24) is 20.1 Å². The second-order valence-corrected chi connectivity index (χ2v) is 4.43. The lowest BCUT2D eigenvalue weighted by Crippen LogP contribution is -1.85. The fraction of sp³-hybridized carbons (Fsp3) is 0.143. The lowest BCUT2D eigenvalue weighted by atomic mass is 10.2. The van der Waals surface area contributed by atoms with Crippen LogP contribution >= 0.6 is 0 Å². The molecule has 0 saturated carbocycles. The highest BCUT2D eigenvalue weighted by molar-refractivity contribution is 5.59. The Bertz CT molecular complexity index is 661. The van der Waals surface area contributed by atoms with E-state index >= 15 is 0 Å². The van der Waals surface area contributed by atoms with E-state index in [1.807, 2.05) is 26.0 Å². The molecule has 5 heteroatoms. The Morgan fingerprint density at radius 1 is 0.842 bits per heavy atom. The first-order chi connectivity index (χ1) is 9.22. The van der Waals surface area contributed by atoms with Gasteiger partial charge < -0.3 is 4.52 Å². The molecule has 0 atom stereocenters. The van der Waals surface area contributed by atoms with Gasteiger partial charge in [-0.3, -0.25) is 9.97 Å². The molecule has 0 aliphatic heterocycles. The van der Waals surface area contributed by atoms with Crippen LogP contribution in [0.4, 0.5) is 0 Å². The molecule has 0 amide bonds. The van der Waals surface area contributed by atoms with E-state index in [1.165, 1.54) is 0 Å². The van der Waals surface area contributed by atoms with Gasteiger partial charge in [0.2, 0.25) is 5.82 Å². The van der Waals surface area contributed by atoms with E-state index in [2.05, 4.69) is 20.1 Å². The fourth-order valence-corrected chi connectivity index (χ4v) is 1.81. The molecule has 0 N–H and O–H groups in total. The van der Waals surface area contributed by atoms with E-state index in [1.54, 1.807) is 24.8 Å². The summed E-state index contributed by atoms with van der Waals surface area (Å²) in [7, 11) is 0. The highest BCUT2D eigenvalue weighted by Crippen LogP contribution is 2.22. The third-order valence-corrected chi connectivity index (χ3v) is 2.68. The SMILES string of the molecule is Cc1cncc(-c2noc(-c3cncc(C)c3)n2)c1. The van der Waals surface area contributed by atoms with Gasteiger partial charge in [-0.15, -0.1) is 0 Å². The smallest absolute Gasteiger partial charge is 0.259 e. The first-order valence-corrected chi connectivity index (χ1v) is 5.90. The van der Waals surface area contributed by atoms with Gasteiger partial charge in [-0.1, -0.05) is 5.16 Å². The summed E-state index contributed by atoms with van der Waals surface area (Å²) in [5, 5.41) is 3.98. The Kier molecular flexibility index (Phi) is 2.79. The van der Waals surface area contributed by atoms with Gasteiger partial charge in [0.15, 0.2) is 0 Å². The van der Waals surface area contributed by atoms with Crippen molar-refractivity contribution in [2.24, 2.45) is 0 Å². The van der Waals surface area contributed by atoms with E-state index in [0.717, 1.165) is 22.3 Å². The third-order valence-electron chi connectivity index (χ3n) is 2.68. The van der Waals surface area contributed by atoms with Crippen LogP contribution in [0, 0.1) is 13.8 Å². The first-order valence-electron chi connectivity index (χ1n) is 5.90. The Labute approximate surface area is 110 Å². The van der Waals surface area contributed by atoms with E-state index < -0.39 is 0 Å². The Balaban J connectivity index is 2.00. The fourth-order valence-electron chi connectivity index (χ4n) is 1.81. The molecule has 0 unspecified atom stereocenters. The van der Waals surface area contributed by atoms with Crippen LogP contribution in [-0.4, -0.2) is 20.1 Å². The maximum absolute atomic E-state index is 5.27. The molecule has 0 radical (unpaired) electrons. The van der Waals surface area contributed by atoms with Crippen LogP contribution in [0.15, 0.2) is 41.4 Å². The average molecular weight is 252 g/mol. The van der Waals surface area contributed by atoms with Crippen molar-refractivity contribution >= 4 is 0 Å². The molecule has 3 rings (SSSR count). The van der Waals surface area contributed by atoms with E-state index in [4.69, 9.17) is 4.52 Å². The number of hydrogen-bond acceptors (Lipinski definition) is 5. The van der Waals surface area contributed by atoms with Gasteiger partial charge >= 0.3 is 0 Å². The van der Waals surface area contributed by atoms with Gasteiger partial charge in [0.25, 0.3) is 5.89 Å². The van der Waals surface area contributed by atoms with E-state index in [-0.39, 0.29) is 0 Å². The average Bonchev–Trinajstić information content (AvgIpc) is 2.88. The van der Waals surface area contributed by atoms with Crippen molar-refractivity contribution in [2.45, 2.75) is 13.8 Å². The van der Waals surface area contributed by atoms with Crippen molar-refractivity contribution < 1.29 is 4.52 Å². The third kappa shape index (κ3) is 2.35. The van der Waals surface area contributed by atoms with Crippen molar-refractivity contribution in [2.75, 3.05) is 0 Å². The van der Waals surface area contributed by atoms with Crippen molar-refractivity contribution in [3.8, 4) is 22.8 Å². The van der Waals surface area contributed by atoms with Crippen LogP contribution in [0.3, 0.4) is 0 Å². The molecule has 0 spiro atoms. The van der Waals surface area contributed by atoms with Crippen LogP contribution in [0.25, 0.3) is 22.8 Å². The molecule has 0 aliphatic rings. The Hall–Kier alpha value is -2.56. The molecule has 0 bridgehead atoms. The molecule has 3 aromatic rings. The maximum Gasteiger partial charge on any atom is 0.259 e. The summed E-state index contributed by atoms with van der Waals surface area (Å²) < 4.78 is 5.27. The normalized spacial score (nSPS) is 10.6. The number of pyridine rings is 2. The number of rotatable bonds is 2. The van der Waals surface area contributed by atoms with Gasteiger partial charge in [0, 0.05) is 30.4 Å². The quantitative estimate of drug-likeness (QED) is 0.701. The van der Waals surface area contributed by atoms with Gasteiger partial charge in [-0.2, -0.15) is 4.98 Å². The van der Waals surface area contributed by atoms with Gasteiger partial charge in [-0.25, -0.2) is 0 Å². The molecule has 94 valence electrons. The van der Waals surface area contributed by atoms with Crippen LogP contribution in [-0.2, 0) is 0 Å². The number of hydrogen-bond donors (Lipinski definition) is 0. The van der Waals surface area contributed by atoms with Gasteiger partial charge in [0.05, 0.1) is 5.56 Å². The number of nitrogens with zero attached hydrogens (tertiary/aromatic N) is 4. The monoisotopic (exact) mass is 252 g/mol. The van der Waals surface area contributed by atoms with Crippen LogP contribution in [0.2, 0.25) is 0 Å². The topological polar surface area (TPSA) is 64.7 Å². The number of aromatic nitrogens is 4. The standard InChI is InChI=1S/C14H12N4O/c1-9-3-11(7-15-5-9)13-17-14(19-18-13)12-4-10(2)6-16-8-12/h3-8H,1-2H3. The molecule has 0 saturated heterocycles. The summed E-state index contributed by atoms with van der Waals surface area (Å²) in [4.78, 5) is 12.6. The molecule has 3 heterocycles. The zero-order valence-electron chi connectivity index (χ0n) is 10.7. The molecule has 0 aromatic carbocycles. The largest absolute Gasteiger partial charge is 0.334 e. The summed E-state index contributed by atoms with van der Waals surface area (Å²) in [5.41, 5.74) is 3.77. The van der Waals surface area contributed by atoms with Crippen molar-refractivity contribution in [1.29, 1.82) is 0 Å². The van der Waals surface area contributed by atoms with Crippen molar-refractivity contribution in [3.63, 3.8) is 0 Å². The Morgan fingerprint density at radius 3 is 2.16 bits per heavy atom. The van der Waals surface area contributed by atoms with Crippen LogP contribution < -0.4 is 0 Å². The zero-order chi connectivity index (χ0) is 13.2. The summed E-state index contributed by atoms with van der Waals surface area (Å²) in [6, 6.07) is 3.93. The zero-order valence-corrected chi connectivity index (χ0v) is 10.7. The Morgan fingerprint density at radius 2 is 1.47 bits per heavy atom. The van der Waals surface area contributed by atoms with Gasteiger partial charge in [-0.05, 0) is 37.1 Å². The minimum atomic E-state index is 0.465. The summed E-state index contributed by atoms with van der Waals surface area (Å²) in [6.07, 6.45) is 7.00.